The van der Waals surface area contributed by atoms with Gasteiger partial charge in [-0.05, 0) is 5.56 Å². The van der Waals surface area contributed by atoms with Gasteiger partial charge in [-0.15, -0.1) is 0 Å². The molecule has 0 spiro atoms. The predicted octanol–water partition coefficient (Wildman–Crippen LogP) is 1.79. The summed E-state index contributed by atoms with van der Waals surface area (Å²) in [6, 6.07) is 7.80. The molecule has 2 N–H and O–H groups in total. The summed E-state index contributed by atoms with van der Waals surface area (Å²) in [6.45, 7) is -1.50. The zero-order chi connectivity index (χ0) is 12.2. The highest BCUT2D eigenvalue weighted by molar-refractivity contribution is 5.80. The quantitative estimate of drug-likeness (QED) is 0.861. The topological polar surface area (TPSA) is 52.3 Å². The zero-order valence-corrected chi connectivity index (χ0v) is 8.20. The van der Waals surface area contributed by atoms with E-state index in [9.17, 15) is 18.0 Å². The Morgan fingerprint density at radius 1 is 1.31 bits per heavy atom. The number of carbonyl (C=O) groups is 1. The monoisotopic (exact) mass is 233 g/mol. The van der Waals surface area contributed by atoms with Crippen LogP contribution in [-0.4, -0.2) is 18.7 Å². The van der Waals surface area contributed by atoms with Gasteiger partial charge in [0.05, 0.1) is 0 Å². The SMILES string of the molecule is NC(=O)C(OCC(F)(F)F)c1ccccc1. The molecule has 1 aromatic carbocycles. The van der Waals surface area contributed by atoms with Crippen molar-refractivity contribution in [2.24, 2.45) is 5.73 Å². The highest BCUT2D eigenvalue weighted by Gasteiger charge is 2.31. The van der Waals surface area contributed by atoms with Gasteiger partial charge in [0.1, 0.15) is 6.61 Å². The number of benzene rings is 1. The van der Waals surface area contributed by atoms with Crippen molar-refractivity contribution in [2.75, 3.05) is 6.61 Å². The second-order valence-corrected chi connectivity index (χ2v) is 3.12. The first-order valence-corrected chi connectivity index (χ1v) is 4.43. The lowest BCUT2D eigenvalue weighted by molar-refractivity contribution is -0.187. The van der Waals surface area contributed by atoms with Crippen LogP contribution in [0.5, 0.6) is 0 Å². The van der Waals surface area contributed by atoms with E-state index in [1.807, 2.05) is 0 Å². The number of carbonyl (C=O) groups excluding carboxylic acids is 1. The van der Waals surface area contributed by atoms with E-state index in [0.29, 0.717) is 5.56 Å². The van der Waals surface area contributed by atoms with E-state index in [1.54, 1.807) is 18.2 Å². The maximum atomic E-state index is 11.9. The van der Waals surface area contributed by atoms with Gasteiger partial charge in [-0.1, -0.05) is 30.3 Å². The highest BCUT2D eigenvalue weighted by atomic mass is 19.4. The third-order valence-electron chi connectivity index (χ3n) is 1.77. The van der Waals surface area contributed by atoms with Crippen LogP contribution in [0, 0.1) is 0 Å². The molecule has 1 rings (SSSR count). The van der Waals surface area contributed by atoms with Crippen molar-refractivity contribution in [1.29, 1.82) is 0 Å². The second-order valence-electron chi connectivity index (χ2n) is 3.12. The van der Waals surface area contributed by atoms with Gasteiger partial charge in [0.15, 0.2) is 6.10 Å². The molecule has 16 heavy (non-hydrogen) atoms. The van der Waals surface area contributed by atoms with E-state index in [2.05, 4.69) is 4.74 Å². The van der Waals surface area contributed by atoms with Crippen molar-refractivity contribution >= 4 is 5.91 Å². The lowest BCUT2D eigenvalue weighted by Gasteiger charge is -2.16. The van der Waals surface area contributed by atoms with Crippen LogP contribution in [0.1, 0.15) is 11.7 Å². The highest BCUT2D eigenvalue weighted by Crippen LogP contribution is 2.22. The van der Waals surface area contributed by atoms with Gasteiger partial charge in [-0.2, -0.15) is 13.2 Å². The lowest BCUT2D eigenvalue weighted by Crippen LogP contribution is -2.28. The summed E-state index contributed by atoms with van der Waals surface area (Å²) in [6.07, 6.45) is -5.86. The Morgan fingerprint density at radius 2 is 1.88 bits per heavy atom. The predicted molar refractivity (Wildman–Crippen MR) is 50.4 cm³/mol. The Kier molecular flexibility index (Phi) is 3.89. The standard InChI is InChI=1S/C10H10F3NO2/c11-10(12,13)6-16-8(9(14)15)7-4-2-1-3-5-7/h1-5,8H,6H2,(H2,14,15). The molecule has 1 amide bonds. The van der Waals surface area contributed by atoms with E-state index < -0.39 is 24.8 Å². The molecule has 0 aliphatic carbocycles. The van der Waals surface area contributed by atoms with Crippen LogP contribution in [0.3, 0.4) is 0 Å². The maximum absolute atomic E-state index is 11.9. The summed E-state index contributed by atoms with van der Waals surface area (Å²) >= 11 is 0. The minimum atomic E-state index is -4.48. The molecule has 0 heterocycles. The molecule has 0 bridgehead atoms. The van der Waals surface area contributed by atoms with Crippen LogP contribution in [-0.2, 0) is 9.53 Å². The van der Waals surface area contributed by atoms with E-state index in [1.165, 1.54) is 12.1 Å². The van der Waals surface area contributed by atoms with Crippen LogP contribution in [0.4, 0.5) is 13.2 Å². The van der Waals surface area contributed by atoms with Gasteiger partial charge in [0.25, 0.3) is 5.91 Å². The van der Waals surface area contributed by atoms with Gasteiger partial charge >= 0.3 is 6.18 Å². The summed E-state index contributed by atoms with van der Waals surface area (Å²) in [5.41, 5.74) is 5.27. The van der Waals surface area contributed by atoms with Gasteiger partial charge < -0.3 is 10.5 Å². The van der Waals surface area contributed by atoms with E-state index in [4.69, 9.17) is 5.73 Å². The van der Waals surface area contributed by atoms with Crippen molar-refractivity contribution in [3.63, 3.8) is 0 Å². The molecule has 1 atom stereocenters. The number of ether oxygens (including phenoxy) is 1. The van der Waals surface area contributed by atoms with Crippen LogP contribution >= 0.6 is 0 Å². The minimum Gasteiger partial charge on any atom is -0.367 e. The van der Waals surface area contributed by atoms with Crippen molar-refractivity contribution in [3.05, 3.63) is 35.9 Å². The first-order valence-electron chi connectivity index (χ1n) is 4.43. The molecule has 0 aliphatic heterocycles. The molecule has 0 aliphatic rings. The number of halogens is 3. The third-order valence-corrected chi connectivity index (χ3v) is 1.77. The number of hydrogen-bond donors (Lipinski definition) is 1. The number of amides is 1. The zero-order valence-electron chi connectivity index (χ0n) is 8.20. The number of alkyl halides is 3. The van der Waals surface area contributed by atoms with E-state index >= 15 is 0 Å². The smallest absolute Gasteiger partial charge is 0.367 e. The Balaban J connectivity index is 2.74. The van der Waals surface area contributed by atoms with Crippen LogP contribution in [0.15, 0.2) is 30.3 Å². The molecule has 3 nitrogen and oxygen atoms in total. The molecule has 6 heteroatoms. The molecular weight excluding hydrogens is 223 g/mol. The van der Waals surface area contributed by atoms with E-state index in [0.717, 1.165) is 0 Å². The van der Waals surface area contributed by atoms with Crippen molar-refractivity contribution in [3.8, 4) is 0 Å². The fraction of sp³-hybridized carbons (Fsp3) is 0.300. The Hall–Kier alpha value is -1.56. The molecular formula is C10H10F3NO2. The summed E-state index contributed by atoms with van der Waals surface area (Å²) in [7, 11) is 0. The summed E-state index contributed by atoms with van der Waals surface area (Å²) in [5, 5.41) is 0. The average molecular weight is 233 g/mol. The van der Waals surface area contributed by atoms with Crippen molar-refractivity contribution < 1.29 is 22.7 Å². The third kappa shape index (κ3) is 3.90. The molecule has 0 aromatic heterocycles. The van der Waals surface area contributed by atoms with Gasteiger partial charge in [-0.3, -0.25) is 4.79 Å². The Labute approximate surface area is 90.0 Å². The number of nitrogens with two attached hydrogens (primary N) is 1. The average Bonchev–Trinajstić information content (AvgIpc) is 2.17. The molecule has 1 unspecified atom stereocenters. The largest absolute Gasteiger partial charge is 0.411 e. The number of hydrogen-bond acceptors (Lipinski definition) is 2. The summed E-state index contributed by atoms with van der Waals surface area (Å²) in [5.74, 6) is -0.949. The molecule has 0 saturated heterocycles. The summed E-state index contributed by atoms with van der Waals surface area (Å²) < 4.78 is 40.2. The molecule has 88 valence electrons. The first-order chi connectivity index (χ1) is 7.40. The molecule has 0 saturated carbocycles. The second kappa shape index (κ2) is 4.98. The van der Waals surface area contributed by atoms with Gasteiger partial charge in [0, 0.05) is 0 Å². The molecule has 1 aromatic rings. The first kappa shape index (κ1) is 12.5. The minimum absolute atomic E-state index is 0.305. The molecule has 0 fully saturated rings. The van der Waals surface area contributed by atoms with Gasteiger partial charge in [0.2, 0.25) is 0 Å². The summed E-state index contributed by atoms with van der Waals surface area (Å²) in [4.78, 5) is 10.9. The van der Waals surface area contributed by atoms with Crippen LogP contribution < -0.4 is 5.73 Å². The Morgan fingerprint density at radius 3 is 2.31 bits per heavy atom. The fourth-order valence-electron chi connectivity index (χ4n) is 1.15. The maximum Gasteiger partial charge on any atom is 0.411 e. The number of primary amides is 1. The number of rotatable bonds is 4. The van der Waals surface area contributed by atoms with Crippen LogP contribution in [0.2, 0.25) is 0 Å². The molecule has 0 radical (unpaired) electrons. The fourth-order valence-corrected chi connectivity index (χ4v) is 1.15. The van der Waals surface area contributed by atoms with Crippen LogP contribution in [0.25, 0.3) is 0 Å². The van der Waals surface area contributed by atoms with E-state index in [-0.39, 0.29) is 0 Å². The lowest BCUT2D eigenvalue weighted by atomic mass is 10.1. The van der Waals surface area contributed by atoms with Crippen molar-refractivity contribution in [1.82, 2.24) is 0 Å². The normalized spacial score (nSPS) is 13.4. The van der Waals surface area contributed by atoms with Gasteiger partial charge in [-0.25, -0.2) is 0 Å². The van der Waals surface area contributed by atoms with Crippen molar-refractivity contribution in [2.45, 2.75) is 12.3 Å². The Bertz CT molecular complexity index is 351.